The van der Waals surface area contributed by atoms with Crippen molar-refractivity contribution in [1.82, 2.24) is 10.3 Å². The van der Waals surface area contributed by atoms with E-state index < -0.39 is 64.5 Å². The van der Waals surface area contributed by atoms with E-state index in [-0.39, 0.29) is 16.8 Å². The molecule has 0 saturated carbocycles. The van der Waals surface area contributed by atoms with Gasteiger partial charge in [0.15, 0.2) is 23.3 Å². The molecule has 6 nitrogen and oxygen atoms in total. The molecule has 13 heteroatoms. The highest BCUT2D eigenvalue weighted by Crippen LogP contribution is 2.37. The van der Waals surface area contributed by atoms with Crippen molar-refractivity contribution >= 4 is 17.6 Å². The number of hydrogen-bond donors (Lipinski definition) is 2. The van der Waals surface area contributed by atoms with Crippen molar-refractivity contribution in [2.75, 3.05) is 5.32 Å². The maximum absolute atomic E-state index is 14.0. The summed E-state index contributed by atoms with van der Waals surface area (Å²) in [7, 11) is 0. The molecule has 2 aromatic carbocycles. The van der Waals surface area contributed by atoms with Crippen LogP contribution in [0.4, 0.5) is 41.2 Å². The standard InChI is InChI=1S/C23H16F7N3O3/c1-10-8-13(9-31-21(10)36-19(23(28,29)30)12-6-4-3-5-7-12)32-22(35)33-20(34)14-17(26)15(24)11(2)16(25)18(14)27/h3-9,19H,1-2H3,(H2,32,33,34,35). The van der Waals surface area contributed by atoms with Gasteiger partial charge in [-0.15, -0.1) is 0 Å². The lowest BCUT2D eigenvalue weighted by Gasteiger charge is -2.22. The smallest absolute Gasteiger partial charge is 0.429 e. The van der Waals surface area contributed by atoms with Gasteiger partial charge in [0, 0.05) is 16.7 Å². The van der Waals surface area contributed by atoms with Crippen molar-refractivity contribution in [3.05, 3.63) is 88.1 Å². The highest BCUT2D eigenvalue weighted by Gasteiger charge is 2.43. The van der Waals surface area contributed by atoms with E-state index in [2.05, 4.69) is 10.3 Å². The second-order valence-corrected chi connectivity index (χ2v) is 7.46. The van der Waals surface area contributed by atoms with Crippen LogP contribution in [0.15, 0.2) is 42.6 Å². The van der Waals surface area contributed by atoms with E-state index in [0.717, 1.165) is 19.2 Å². The minimum Gasteiger partial charge on any atom is -0.460 e. The first-order chi connectivity index (χ1) is 16.8. The van der Waals surface area contributed by atoms with E-state index >= 15 is 0 Å². The first-order valence-electron chi connectivity index (χ1n) is 10.0. The third kappa shape index (κ3) is 5.56. The van der Waals surface area contributed by atoms with Crippen LogP contribution in [0, 0.1) is 37.1 Å². The zero-order chi connectivity index (χ0) is 26.8. The molecule has 0 aliphatic carbocycles. The quantitative estimate of drug-likeness (QED) is 0.328. The minimum atomic E-state index is -4.77. The predicted molar refractivity (Wildman–Crippen MR) is 112 cm³/mol. The Hall–Kier alpha value is -4.16. The molecule has 3 aromatic rings. The molecule has 2 N–H and O–H groups in total. The average molecular weight is 515 g/mol. The number of aryl methyl sites for hydroxylation is 1. The van der Waals surface area contributed by atoms with Crippen molar-refractivity contribution in [1.29, 1.82) is 0 Å². The molecular formula is C23H16F7N3O3. The second-order valence-electron chi connectivity index (χ2n) is 7.46. The number of nitrogens with zero attached hydrogens (tertiary/aromatic N) is 1. The van der Waals surface area contributed by atoms with E-state index in [9.17, 15) is 40.3 Å². The number of urea groups is 1. The fourth-order valence-corrected chi connectivity index (χ4v) is 3.09. The average Bonchev–Trinajstić information content (AvgIpc) is 2.80. The molecule has 1 unspecified atom stereocenters. The Kier molecular flexibility index (Phi) is 7.51. The van der Waals surface area contributed by atoms with Gasteiger partial charge in [-0.1, -0.05) is 30.3 Å². The van der Waals surface area contributed by atoms with Gasteiger partial charge in [0.2, 0.25) is 12.0 Å². The normalized spacial score (nSPS) is 12.1. The molecule has 0 radical (unpaired) electrons. The molecule has 0 fully saturated rings. The monoisotopic (exact) mass is 515 g/mol. The molecule has 0 saturated heterocycles. The van der Waals surface area contributed by atoms with Crippen LogP contribution in [0.5, 0.6) is 5.88 Å². The van der Waals surface area contributed by atoms with Crippen molar-refractivity contribution in [3.63, 3.8) is 0 Å². The summed E-state index contributed by atoms with van der Waals surface area (Å²) in [6.07, 6.45) is -6.20. The predicted octanol–water partition coefficient (Wildman–Crippen LogP) is 5.90. The van der Waals surface area contributed by atoms with Gasteiger partial charge in [0.05, 0.1) is 11.9 Å². The fraction of sp³-hybridized carbons (Fsp3) is 0.174. The summed E-state index contributed by atoms with van der Waals surface area (Å²) in [5, 5.41) is 3.56. The molecule has 3 amide bonds. The van der Waals surface area contributed by atoms with E-state index in [0.29, 0.717) is 0 Å². The summed E-state index contributed by atoms with van der Waals surface area (Å²) in [4.78, 5) is 27.8. The highest BCUT2D eigenvalue weighted by atomic mass is 19.4. The second kappa shape index (κ2) is 10.2. The number of nitrogens with one attached hydrogen (secondary N) is 2. The Morgan fingerprint density at radius 3 is 2.06 bits per heavy atom. The molecular weight excluding hydrogens is 499 g/mol. The first kappa shape index (κ1) is 26.4. The Morgan fingerprint density at radius 2 is 1.53 bits per heavy atom. The molecule has 1 atom stereocenters. The molecule has 0 aliphatic heterocycles. The van der Waals surface area contributed by atoms with Crippen LogP contribution < -0.4 is 15.4 Å². The number of rotatable bonds is 5. The SMILES string of the molecule is Cc1cc(NC(=O)NC(=O)c2c(F)c(F)c(C)c(F)c2F)cnc1OC(c1ccccc1)C(F)(F)F. The van der Waals surface area contributed by atoms with Crippen LogP contribution in [0.3, 0.4) is 0 Å². The Bertz CT molecular complexity index is 1290. The molecule has 0 spiro atoms. The third-order valence-corrected chi connectivity index (χ3v) is 4.85. The van der Waals surface area contributed by atoms with Gasteiger partial charge in [0.1, 0.15) is 5.56 Å². The summed E-state index contributed by atoms with van der Waals surface area (Å²) in [6.45, 7) is 2.09. The van der Waals surface area contributed by atoms with Crippen LogP contribution in [-0.4, -0.2) is 23.1 Å². The number of benzene rings is 2. The molecule has 1 aromatic heterocycles. The number of amides is 3. The molecule has 190 valence electrons. The number of carbonyl (C=O) groups excluding carboxylic acids is 2. The number of pyridine rings is 1. The lowest BCUT2D eigenvalue weighted by Crippen LogP contribution is -2.36. The fourth-order valence-electron chi connectivity index (χ4n) is 3.09. The first-order valence-corrected chi connectivity index (χ1v) is 10.0. The maximum Gasteiger partial charge on any atom is 0.429 e. The van der Waals surface area contributed by atoms with Gasteiger partial charge >= 0.3 is 12.2 Å². The van der Waals surface area contributed by atoms with Crippen molar-refractivity contribution in [3.8, 4) is 5.88 Å². The summed E-state index contributed by atoms with van der Waals surface area (Å²) in [6, 6.07) is 6.57. The van der Waals surface area contributed by atoms with Gasteiger partial charge in [-0.2, -0.15) is 13.2 Å². The van der Waals surface area contributed by atoms with Gasteiger partial charge in [-0.3, -0.25) is 10.1 Å². The van der Waals surface area contributed by atoms with Crippen LogP contribution >= 0.6 is 0 Å². The maximum atomic E-state index is 14.0. The van der Waals surface area contributed by atoms with Crippen molar-refractivity contribution in [2.45, 2.75) is 26.1 Å². The van der Waals surface area contributed by atoms with Gasteiger partial charge in [-0.25, -0.2) is 27.3 Å². The number of carbonyl (C=O) groups is 2. The Labute approximate surface area is 199 Å². The molecule has 0 aliphatic rings. The van der Waals surface area contributed by atoms with E-state index in [1.54, 1.807) is 0 Å². The van der Waals surface area contributed by atoms with Crippen LogP contribution in [0.2, 0.25) is 0 Å². The molecule has 36 heavy (non-hydrogen) atoms. The van der Waals surface area contributed by atoms with Crippen LogP contribution in [0.25, 0.3) is 0 Å². The van der Waals surface area contributed by atoms with Crippen molar-refractivity contribution < 1.29 is 45.1 Å². The van der Waals surface area contributed by atoms with Gasteiger partial charge < -0.3 is 10.1 Å². The third-order valence-electron chi connectivity index (χ3n) is 4.85. The largest absolute Gasteiger partial charge is 0.460 e. The number of alkyl halides is 3. The van der Waals surface area contributed by atoms with E-state index in [1.165, 1.54) is 42.6 Å². The zero-order valence-electron chi connectivity index (χ0n) is 18.4. The van der Waals surface area contributed by atoms with Crippen LogP contribution in [-0.2, 0) is 0 Å². The zero-order valence-corrected chi connectivity index (χ0v) is 18.4. The summed E-state index contributed by atoms with van der Waals surface area (Å²) in [5.41, 5.74) is -2.90. The molecule has 1 heterocycles. The lowest BCUT2D eigenvalue weighted by molar-refractivity contribution is -0.198. The summed E-state index contributed by atoms with van der Waals surface area (Å²) in [5.74, 6) is -9.77. The highest BCUT2D eigenvalue weighted by molar-refractivity contribution is 6.08. The van der Waals surface area contributed by atoms with Gasteiger partial charge in [-0.05, 0) is 19.9 Å². The number of imide groups is 1. The number of aromatic nitrogens is 1. The summed E-state index contributed by atoms with van der Waals surface area (Å²) < 4.78 is 101. The lowest BCUT2D eigenvalue weighted by atomic mass is 10.1. The Balaban J connectivity index is 1.75. The topological polar surface area (TPSA) is 80.3 Å². The minimum absolute atomic E-state index is 0.0593. The van der Waals surface area contributed by atoms with E-state index in [4.69, 9.17) is 4.74 Å². The number of hydrogen-bond acceptors (Lipinski definition) is 4. The Morgan fingerprint density at radius 1 is 0.944 bits per heavy atom. The van der Waals surface area contributed by atoms with Gasteiger partial charge in [0.25, 0.3) is 5.91 Å². The summed E-state index contributed by atoms with van der Waals surface area (Å²) >= 11 is 0. The molecule has 0 bridgehead atoms. The van der Waals surface area contributed by atoms with Crippen LogP contribution in [0.1, 0.15) is 33.2 Å². The number of ether oxygens (including phenoxy) is 1. The number of halogens is 7. The van der Waals surface area contributed by atoms with Crippen molar-refractivity contribution in [2.24, 2.45) is 0 Å². The number of anilines is 1. The molecule has 3 rings (SSSR count). The van der Waals surface area contributed by atoms with E-state index in [1.807, 2.05) is 0 Å².